The van der Waals surface area contributed by atoms with Gasteiger partial charge in [0, 0.05) is 41.9 Å². The molecule has 30 heavy (non-hydrogen) atoms. The van der Waals surface area contributed by atoms with Crippen LogP contribution in [0.2, 0.25) is 0 Å². The van der Waals surface area contributed by atoms with Crippen LogP contribution >= 0.6 is 11.3 Å². The molecule has 0 unspecified atom stereocenters. The Kier molecular flexibility index (Phi) is 4.71. The van der Waals surface area contributed by atoms with Crippen LogP contribution in [-0.4, -0.2) is 31.1 Å². The van der Waals surface area contributed by atoms with Gasteiger partial charge in [-0.15, -0.1) is 11.3 Å². The van der Waals surface area contributed by atoms with Crippen molar-refractivity contribution in [1.82, 2.24) is 9.55 Å². The van der Waals surface area contributed by atoms with Crippen LogP contribution in [0.5, 0.6) is 0 Å². The molecule has 0 aliphatic carbocycles. The second kappa shape index (κ2) is 7.41. The molecule has 1 saturated heterocycles. The van der Waals surface area contributed by atoms with E-state index in [9.17, 15) is 12.8 Å². The van der Waals surface area contributed by atoms with Gasteiger partial charge in [0.05, 0.1) is 16.5 Å². The summed E-state index contributed by atoms with van der Waals surface area (Å²) in [5.41, 5.74) is 1.87. The molecule has 0 radical (unpaired) electrons. The number of rotatable bonds is 5. The van der Waals surface area contributed by atoms with E-state index in [1.807, 2.05) is 30.5 Å². The summed E-state index contributed by atoms with van der Waals surface area (Å²) < 4.78 is 43.6. The first-order chi connectivity index (χ1) is 14.5. The summed E-state index contributed by atoms with van der Waals surface area (Å²) in [5, 5.41) is 2.70. The third kappa shape index (κ3) is 3.44. The highest BCUT2D eigenvalue weighted by atomic mass is 32.2. The van der Waals surface area contributed by atoms with Gasteiger partial charge in [0.2, 0.25) is 0 Å². The molecular weight excluding hydrogens is 423 g/mol. The number of sulfonamides is 1. The fourth-order valence-electron chi connectivity index (χ4n) is 3.96. The Morgan fingerprint density at radius 1 is 1.13 bits per heavy atom. The van der Waals surface area contributed by atoms with E-state index >= 15 is 0 Å². The molecule has 0 saturated carbocycles. The molecule has 0 spiro atoms. The molecule has 1 N–H and O–H groups in total. The van der Waals surface area contributed by atoms with E-state index in [0.29, 0.717) is 10.5 Å². The van der Waals surface area contributed by atoms with Crippen molar-refractivity contribution in [2.75, 3.05) is 22.7 Å². The third-order valence-corrected chi connectivity index (χ3v) is 7.61. The molecule has 1 aliphatic rings. The van der Waals surface area contributed by atoms with Gasteiger partial charge in [0.25, 0.3) is 10.0 Å². The van der Waals surface area contributed by atoms with E-state index in [1.54, 1.807) is 29.8 Å². The Bertz CT molecular complexity index is 1280. The minimum atomic E-state index is -3.66. The minimum Gasteiger partial charge on any atom is -0.369 e. The molecule has 9 heteroatoms. The molecule has 5 rings (SSSR count). The summed E-state index contributed by atoms with van der Waals surface area (Å²) in [4.78, 5) is 6.38. The molecule has 0 bridgehead atoms. The van der Waals surface area contributed by atoms with Crippen molar-refractivity contribution in [3.05, 3.63) is 72.1 Å². The first-order valence-electron chi connectivity index (χ1n) is 9.54. The number of aromatic nitrogens is 2. The summed E-state index contributed by atoms with van der Waals surface area (Å²) in [6.45, 7) is 1.63. The molecule has 0 amide bonds. The maximum Gasteiger partial charge on any atom is 0.263 e. The van der Waals surface area contributed by atoms with E-state index in [4.69, 9.17) is 0 Å². The molecule has 6 nitrogen and oxygen atoms in total. The zero-order valence-corrected chi connectivity index (χ0v) is 17.5. The van der Waals surface area contributed by atoms with Gasteiger partial charge in [0.1, 0.15) is 5.82 Å². The molecule has 1 fully saturated rings. The number of hydrogen-bond donors (Lipinski definition) is 1. The van der Waals surface area contributed by atoms with Gasteiger partial charge >= 0.3 is 0 Å². The Morgan fingerprint density at radius 2 is 1.97 bits per heavy atom. The van der Waals surface area contributed by atoms with Crippen LogP contribution < -0.4 is 9.62 Å². The quantitative estimate of drug-likeness (QED) is 0.495. The number of benzene rings is 2. The van der Waals surface area contributed by atoms with Crippen LogP contribution in [0, 0.1) is 5.82 Å². The van der Waals surface area contributed by atoms with Gasteiger partial charge < -0.3 is 9.47 Å². The summed E-state index contributed by atoms with van der Waals surface area (Å²) in [7, 11) is -3.66. The van der Waals surface area contributed by atoms with Gasteiger partial charge in [-0.1, -0.05) is 6.07 Å². The van der Waals surface area contributed by atoms with Gasteiger partial charge in [-0.05, 0) is 48.9 Å². The van der Waals surface area contributed by atoms with E-state index in [-0.39, 0.29) is 16.8 Å². The summed E-state index contributed by atoms with van der Waals surface area (Å²) in [6, 6.07) is 14.1. The highest BCUT2D eigenvalue weighted by Gasteiger charge is 2.25. The lowest BCUT2D eigenvalue weighted by molar-refractivity contribution is 0.570. The molecule has 2 aromatic heterocycles. The van der Waals surface area contributed by atoms with E-state index in [2.05, 4.69) is 19.2 Å². The zero-order chi connectivity index (χ0) is 20.7. The summed E-state index contributed by atoms with van der Waals surface area (Å²) >= 11 is 1.23. The highest BCUT2D eigenvalue weighted by Crippen LogP contribution is 2.31. The molecule has 154 valence electrons. The van der Waals surface area contributed by atoms with Crippen molar-refractivity contribution >= 4 is 43.1 Å². The smallest absolute Gasteiger partial charge is 0.263 e. The van der Waals surface area contributed by atoms with Crippen LogP contribution in [0.15, 0.2) is 71.2 Å². The van der Waals surface area contributed by atoms with Crippen molar-refractivity contribution in [1.29, 1.82) is 0 Å². The second-order valence-corrected chi connectivity index (χ2v) is 9.80. The summed E-state index contributed by atoms with van der Waals surface area (Å²) in [6.07, 6.45) is 4.44. The van der Waals surface area contributed by atoms with Gasteiger partial charge in [-0.25, -0.2) is 17.8 Å². The van der Waals surface area contributed by atoms with Gasteiger partial charge in [-0.2, -0.15) is 0 Å². The zero-order valence-electron chi connectivity index (χ0n) is 15.9. The van der Waals surface area contributed by atoms with Crippen molar-refractivity contribution < 1.29 is 12.8 Å². The van der Waals surface area contributed by atoms with Crippen LogP contribution in [0.4, 0.5) is 15.2 Å². The molecule has 3 heterocycles. The summed E-state index contributed by atoms with van der Waals surface area (Å²) in [5.74, 6) is -0.204. The number of fused-ring (bicyclic) bond motifs is 1. The Morgan fingerprint density at radius 3 is 2.73 bits per heavy atom. The maximum atomic E-state index is 14.0. The number of halogens is 1. The average molecular weight is 443 g/mol. The van der Waals surface area contributed by atoms with Crippen molar-refractivity contribution in [2.45, 2.75) is 17.4 Å². The minimum absolute atomic E-state index is 0.198. The number of anilines is 2. The SMILES string of the molecule is O=S(=O)(Nc1nccs1)c1ccc(N2CC[C@H](n3ccc4c(F)cccc43)C2)cc1. The van der Waals surface area contributed by atoms with E-state index in [1.165, 1.54) is 17.4 Å². The molecule has 4 aromatic rings. The van der Waals surface area contributed by atoms with Crippen molar-refractivity contribution in [2.24, 2.45) is 0 Å². The fraction of sp³-hybridized carbons (Fsp3) is 0.190. The standard InChI is InChI=1S/C21H19FN4O2S2/c22-19-2-1-3-20-18(19)9-12-26(20)16-8-11-25(14-16)15-4-6-17(7-5-15)30(27,28)24-21-23-10-13-29-21/h1-7,9-10,12-13,16H,8,11,14H2,(H,23,24)/t16-/m0/s1. The van der Waals surface area contributed by atoms with E-state index in [0.717, 1.165) is 30.7 Å². The van der Waals surface area contributed by atoms with Gasteiger partial charge in [-0.3, -0.25) is 4.72 Å². The monoisotopic (exact) mass is 442 g/mol. The predicted octanol–water partition coefficient (Wildman–Crippen LogP) is 4.49. The Hall–Kier alpha value is -2.91. The maximum absolute atomic E-state index is 14.0. The second-order valence-electron chi connectivity index (χ2n) is 7.22. The lowest BCUT2D eigenvalue weighted by Gasteiger charge is -2.20. The molecular formula is C21H19FN4O2S2. The topological polar surface area (TPSA) is 67.2 Å². The average Bonchev–Trinajstić information content (AvgIpc) is 3.48. The van der Waals surface area contributed by atoms with Gasteiger partial charge in [0.15, 0.2) is 5.13 Å². The molecule has 2 aromatic carbocycles. The number of nitrogens with one attached hydrogen (secondary N) is 1. The van der Waals surface area contributed by atoms with E-state index < -0.39 is 10.0 Å². The molecule has 1 aliphatic heterocycles. The first kappa shape index (κ1) is 19.1. The largest absolute Gasteiger partial charge is 0.369 e. The predicted molar refractivity (Wildman–Crippen MR) is 117 cm³/mol. The third-order valence-electron chi connectivity index (χ3n) is 5.43. The van der Waals surface area contributed by atoms with Crippen molar-refractivity contribution in [3.8, 4) is 0 Å². The number of hydrogen-bond acceptors (Lipinski definition) is 5. The number of nitrogens with zero attached hydrogens (tertiary/aromatic N) is 3. The van der Waals surface area contributed by atoms with Crippen LogP contribution in [0.25, 0.3) is 10.9 Å². The van der Waals surface area contributed by atoms with Crippen LogP contribution in [0.3, 0.4) is 0 Å². The Labute approximate surface area is 177 Å². The Balaban J connectivity index is 1.33. The first-order valence-corrected chi connectivity index (χ1v) is 11.9. The normalized spacial score (nSPS) is 17.0. The fourth-order valence-corrected chi connectivity index (χ4v) is 5.75. The number of thiazole rings is 1. The lowest BCUT2D eigenvalue weighted by Crippen LogP contribution is -2.21. The van der Waals surface area contributed by atoms with Crippen LogP contribution in [-0.2, 0) is 10.0 Å². The van der Waals surface area contributed by atoms with Crippen molar-refractivity contribution in [3.63, 3.8) is 0 Å². The highest BCUT2D eigenvalue weighted by molar-refractivity contribution is 7.93. The lowest BCUT2D eigenvalue weighted by atomic mass is 10.2. The van der Waals surface area contributed by atoms with Crippen LogP contribution in [0.1, 0.15) is 12.5 Å². The molecule has 1 atom stereocenters.